The van der Waals surface area contributed by atoms with Crippen LogP contribution >= 0.6 is 24.8 Å². The van der Waals surface area contributed by atoms with Gasteiger partial charge in [0, 0.05) is 0 Å². The van der Waals surface area contributed by atoms with Gasteiger partial charge in [-0.3, -0.25) is 0 Å². The van der Waals surface area contributed by atoms with Crippen LogP contribution in [0.3, 0.4) is 0 Å². The molecule has 0 aromatic heterocycles. The van der Waals surface area contributed by atoms with Gasteiger partial charge >= 0.3 is 41.9 Å². The molecule has 2 aliphatic carbocycles. The fourth-order valence-electron chi connectivity index (χ4n) is 4.01. The molecule has 0 spiro atoms. The minimum Gasteiger partial charge on any atom is -0.147 e. The first-order chi connectivity index (χ1) is 12.3. The molecule has 0 bridgehead atoms. The van der Waals surface area contributed by atoms with Crippen molar-refractivity contribution in [3.05, 3.63) is 75.9 Å². The van der Waals surface area contributed by atoms with E-state index in [-0.39, 0.29) is 30.2 Å². The third-order valence-corrected chi connectivity index (χ3v) is 5.63. The Kier molecular flexibility index (Phi) is 9.68. The van der Waals surface area contributed by atoms with Crippen molar-refractivity contribution in [3.63, 3.8) is 0 Å². The van der Waals surface area contributed by atoms with E-state index < -0.39 is 0 Å². The third-order valence-electron chi connectivity index (χ3n) is 5.63. The molecule has 0 nitrogen and oxygen atoms in total. The summed E-state index contributed by atoms with van der Waals surface area (Å²) in [5.41, 5.74) is 12.9. The van der Waals surface area contributed by atoms with Crippen molar-refractivity contribution >= 4 is 35.8 Å². The van der Waals surface area contributed by atoms with E-state index in [0.29, 0.717) is 5.92 Å². The van der Waals surface area contributed by atoms with Crippen LogP contribution in [0.1, 0.15) is 44.4 Å². The number of hydrogen-bond acceptors (Lipinski definition) is 0. The fourth-order valence-corrected chi connectivity index (χ4v) is 4.01. The second-order valence-corrected chi connectivity index (χ2v) is 17.0. The molecular weight excluding hydrogens is 478 g/mol. The summed E-state index contributed by atoms with van der Waals surface area (Å²) in [4.78, 5) is 0. The minimum absolute atomic E-state index is 0. The van der Waals surface area contributed by atoms with Gasteiger partial charge in [0.15, 0.2) is 0 Å². The SMILES string of the molecule is CC1=C(C)C(C)C(c2[c-]c3c(cc2)-c2ccccc2C3)=C1C.C[Si](C)=[Zr].Cl.Cl. The van der Waals surface area contributed by atoms with Crippen molar-refractivity contribution in [2.45, 2.75) is 47.2 Å². The first-order valence-electron chi connectivity index (χ1n) is 9.35. The summed E-state index contributed by atoms with van der Waals surface area (Å²) in [7, 11) is 0. The summed E-state index contributed by atoms with van der Waals surface area (Å²) in [5, 5.41) is 0. The summed E-state index contributed by atoms with van der Waals surface area (Å²) in [5.74, 6) is 0.512. The molecule has 0 saturated carbocycles. The smallest absolute Gasteiger partial charge is 0.147 e. The Hall–Kier alpha value is -0.400. The van der Waals surface area contributed by atoms with E-state index in [4.69, 9.17) is 0 Å². The average Bonchev–Trinajstić information content (AvgIpc) is 3.05. The Morgan fingerprint density at radius 1 is 0.929 bits per heavy atom. The zero-order chi connectivity index (χ0) is 19.0. The summed E-state index contributed by atoms with van der Waals surface area (Å²) in [6.07, 6.45) is 1.02. The summed E-state index contributed by atoms with van der Waals surface area (Å²) in [6.45, 7) is 13.7. The Morgan fingerprint density at radius 2 is 1.54 bits per heavy atom. The van der Waals surface area contributed by atoms with E-state index in [1.54, 1.807) is 23.3 Å². The molecule has 0 N–H and O–H groups in total. The molecule has 1 atom stereocenters. The van der Waals surface area contributed by atoms with Crippen molar-refractivity contribution in [2.75, 3.05) is 0 Å². The van der Waals surface area contributed by atoms with E-state index >= 15 is 0 Å². The van der Waals surface area contributed by atoms with Crippen LogP contribution in [0, 0.1) is 12.0 Å². The van der Waals surface area contributed by atoms with Crippen molar-refractivity contribution in [1.29, 1.82) is 0 Å². The Labute approximate surface area is 198 Å². The van der Waals surface area contributed by atoms with E-state index in [1.807, 2.05) is 0 Å². The molecule has 4 rings (SSSR count). The van der Waals surface area contributed by atoms with Crippen molar-refractivity contribution < 1.29 is 23.3 Å². The minimum atomic E-state index is 0. The van der Waals surface area contributed by atoms with Gasteiger partial charge < -0.3 is 0 Å². The molecule has 148 valence electrons. The standard InChI is InChI=1S/C22H21.C2H6Si.2ClH.Zr/c1-13-14(2)16(4)22(15(13)3)18-9-10-21-19(12-18)11-17-7-5-6-8-20(17)21;1-3-2;;;/h5-10,15H,11H2,1-4H3;1-2H3;2*1H;/q-1;;;;. The fraction of sp³-hybridized carbons (Fsp3) is 0.333. The number of benzene rings is 2. The number of fused-ring (bicyclic) bond motifs is 3. The number of hydrogen-bond donors (Lipinski definition) is 0. The van der Waals surface area contributed by atoms with Crippen molar-refractivity contribution in [2.24, 2.45) is 5.92 Å². The Morgan fingerprint density at radius 3 is 2.11 bits per heavy atom. The van der Waals surface area contributed by atoms with Gasteiger partial charge in [0.05, 0.1) is 0 Å². The molecule has 2 aliphatic rings. The average molecular weight is 508 g/mol. The molecule has 4 heteroatoms. The maximum absolute atomic E-state index is 3.73. The third kappa shape index (κ3) is 5.01. The van der Waals surface area contributed by atoms with Crippen LogP contribution in [0.15, 0.2) is 53.1 Å². The van der Waals surface area contributed by atoms with Crippen LogP contribution in [-0.4, -0.2) is 5.43 Å². The molecule has 0 fully saturated rings. The van der Waals surface area contributed by atoms with Gasteiger partial charge in [0.1, 0.15) is 0 Å². The predicted molar refractivity (Wildman–Crippen MR) is 126 cm³/mol. The molecule has 0 saturated heterocycles. The van der Waals surface area contributed by atoms with Crippen LogP contribution < -0.4 is 0 Å². The Balaban J connectivity index is 0.000000601. The normalized spacial score (nSPS) is 16.4. The quantitative estimate of drug-likeness (QED) is 0.237. The van der Waals surface area contributed by atoms with Gasteiger partial charge in [-0.1, -0.05) is 59.0 Å². The maximum Gasteiger partial charge on any atom is -0.147 e. The van der Waals surface area contributed by atoms with Crippen LogP contribution in [0.2, 0.25) is 13.1 Å². The number of allylic oxidation sites excluding steroid dienone is 4. The first kappa shape index (κ1) is 25.6. The monoisotopic (exact) mass is 505 g/mol. The molecular formula is C24H29Cl2SiZr-. The number of rotatable bonds is 1. The second kappa shape index (κ2) is 10.6. The van der Waals surface area contributed by atoms with Crippen molar-refractivity contribution in [3.8, 4) is 11.1 Å². The van der Waals surface area contributed by atoms with Gasteiger partial charge in [-0.15, -0.1) is 59.7 Å². The molecule has 0 heterocycles. The van der Waals surface area contributed by atoms with Gasteiger partial charge in [0.2, 0.25) is 0 Å². The zero-order valence-corrected chi connectivity index (χ0v) is 22.7. The molecule has 0 amide bonds. The van der Waals surface area contributed by atoms with Gasteiger partial charge in [0.25, 0.3) is 0 Å². The molecule has 0 radical (unpaired) electrons. The molecule has 1 unspecified atom stereocenters. The summed E-state index contributed by atoms with van der Waals surface area (Å²) < 4.78 is 0. The van der Waals surface area contributed by atoms with E-state index in [9.17, 15) is 0 Å². The molecule has 2 aromatic carbocycles. The van der Waals surface area contributed by atoms with Crippen molar-refractivity contribution in [1.82, 2.24) is 0 Å². The molecule has 2 aromatic rings. The van der Waals surface area contributed by atoms with Crippen LogP contribution in [0.5, 0.6) is 0 Å². The van der Waals surface area contributed by atoms with E-state index in [2.05, 4.69) is 83.3 Å². The van der Waals surface area contributed by atoms with Crippen LogP contribution in [0.4, 0.5) is 0 Å². The Bertz CT molecular complexity index is 953. The van der Waals surface area contributed by atoms with Gasteiger partial charge in [-0.05, 0) is 38.7 Å². The molecule has 28 heavy (non-hydrogen) atoms. The molecule has 0 aliphatic heterocycles. The first-order valence-corrected chi connectivity index (χ1v) is 15.5. The summed E-state index contributed by atoms with van der Waals surface area (Å²) in [6, 6.07) is 17.0. The predicted octanol–water partition coefficient (Wildman–Crippen LogP) is 7.45. The van der Waals surface area contributed by atoms with Crippen LogP contribution in [-0.2, 0) is 29.8 Å². The largest absolute Gasteiger partial charge is 0.147 e. The summed E-state index contributed by atoms with van der Waals surface area (Å²) >= 11 is 1.74. The van der Waals surface area contributed by atoms with Gasteiger partial charge in [-0.25, -0.2) is 0 Å². The van der Waals surface area contributed by atoms with Crippen LogP contribution in [0.25, 0.3) is 16.7 Å². The number of halogens is 2. The van der Waals surface area contributed by atoms with Gasteiger partial charge in [-0.2, -0.15) is 0 Å². The maximum atomic E-state index is 3.73. The zero-order valence-electron chi connectivity index (χ0n) is 17.6. The topological polar surface area (TPSA) is 0 Å². The van der Waals surface area contributed by atoms with E-state index in [1.165, 1.54) is 50.1 Å². The van der Waals surface area contributed by atoms with E-state index in [0.717, 1.165) is 6.42 Å². The second-order valence-electron chi connectivity index (χ2n) is 7.67.